The van der Waals surface area contributed by atoms with E-state index in [1.165, 1.54) is 0 Å². The number of benzene rings is 1. The molecule has 3 rings (SSSR count). The number of rotatable bonds is 2. The van der Waals surface area contributed by atoms with Crippen LogP contribution in [-0.4, -0.2) is 37.7 Å². The lowest BCUT2D eigenvalue weighted by Gasteiger charge is -2.22. The van der Waals surface area contributed by atoms with Crippen LogP contribution < -0.4 is 25.4 Å². The number of carbonyl (C=O) groups is 2. The Hall–Kier alpha value is -2.44. The molecule has 0 radical (unpaired) electrons. The van der Waals surface area contributed by atoms with Gasteiger partial charge < -0.3 is 25.4 Å². The minimum atomic E-state index is -0.619. The maximum absolute atomic E-state index is 12.0. The Balaban J connectivity index is 1.79. The normalized spacial score (nSPS) is 20.9. The number of amides is 3. The number of nitrogens with two attached hydrogens (primary N) is 1. The van der Waals surface area contributed by atoms with Gasteiger partial charge in [-0.1, -0.05) is 0 Å². The van der Waals surface area contributed by atoms with Crippen LogP contribution in [0.15, 0.2) is 18.2 Å². The van der Waals surface area contributed by atoms with Gasteiger partial charge in [-0.05, 0) is 12.1 Å². The molecular formula is C13H15N3O4. The first-order valence-corrected chi connectivity index (χ1v) is 6.39. The lowest BCUT2D eigenvalue weighted by Crippen LogP contribution is -2.40. The van der Waals surface area contributed by atoms with Gasteiger partial charge >= 0.3 is 6.03 Å². The Bertz CT molecular complexity index is 561. The van der Waals surface area contributed by atoms with E-state index in [2.05, 4.69) is 5.32 Å². The number of urea groups is 1. The maximum atomic E-state index is 12.0. The molecule has 0 aromatic heterocycles. The van der Waals surface area contributed by atoms with Crippen LogP contribution in [0.25, 0.3) is 0 Å². The van der Waals surface area contributed by atoms with Crippen LogP contribution in [0.2, 0.25) is 0 Å². The van der Waals surface area contributed by atoms with Crippen LogP contribution in [0, 0.1) is 0 Å². The zero-order chi connectivity index (χ0) is 14.1. The van der Waals surface area contributed by atoms with Gasteiger partial charge in [-0.2, -0.15) is 0 Å². The van der Waals surface area contributed by atoms with Crippen molar-refractivity contribution in [1.29, 1.82) is 0 Å². The Morgan fingerprint density at radius 2 is 2.05 bits per heavy atom. The molecule has 1 aromatic rings. The average molecular weight is 277 g/mol. The smallest absolute Gasteiger partial charge is 0.312 e. The molecule has 1 aromatic carbocycles. The van der Waals surface area contributed by atoms with E-state index in [9.17, 15) is 9.59 Å². The molecule has 0 bridgehead atoms. The molecule has 1 unspecified atom stereocenters. The number of anilines is 1. The molecule has 2 aliphatic heterocycles. The summed E-state index contributed by atoms with van der Waals surface area (Å²) in [7, 11) is 0. The first kappa shape index (κ1) is 12.6. The topological polar surface area (TPSA) is 93.9 Å². The molecule has 1 atom stereocenters. The van der Waals surface area contributed by atoms with Gasteiger partial charge in [-0.25, -0.2) is 4.79 Å². The predicted octanol–water partition coefficient (Wildman–Crippen LogP) is 0.231. The Labute approximate surface area is 115 Å². The van der Waals surface area contributed by atoms with Crippen LogP contribution in [-0.2, 0) is 4.79 Å². The van der Waals surface area contributed by atoms with Gasteiger partial charge in [-0.15, -0.1) is 0 Å². The van der Waals surface area contributed by atoms with E-state index in [-0.39, 0.29) is 18.4 Å². The molecular weight excluding hydrogens is 262 g/mol. The standard InChI is InChI=1S/C13H15N3O4/c14-13(18)15-8-5-12(17)16(7-8)9-1-2-10-11(6-9)20-4-3-19-10/h1-2,6,8H,3-5,7H2,(H3,14,15,18). The summed E-state index contributed by atoms with van der Waals surface area (Å²) in [5.41, 5.74) is 5.81. The van der Waals surface area contributed by atoms with Crippen molar-refractivity contribution in [3.8, 4) is 11.5 Å². The summed E-state index contributed by atoms with van der Waals surface area (Å²) in [6.45, 7) is 1.43. The summed E-state index contributed by atoms with van der Waals surface area (Å²) < 4.78 is 10.9. The number of ether oxygens (including phenoxy) is 2. The first-order chi connectivity index (χ1) is 9.63. The van der Waals surface area contributed by atoms with Crippen molar-refractivity contribution in [3.63, 3.8) is 0 Å². The van der Waals surface area contributed by atoms with Crippen molar-refractivity contribution in [2.75, 3.05) is 24.7 Å². The van der Waals surface area contributed by atoms with Crippen LogP contribution in [0.4, 0.5) is 10.5 Å². The maximum Gasteiger partial charge on any atom is 0.312 e. The lowest BCUT2D eigenvalue weighted by atomic mass is 10.2. The van der Waals surface area contributed by atoms with Crippen molar-refractivity contribution in [2.45, 2.75) is 12.5 Å². The van der Waals surface area contributed by atoms with E-state index in [0.29, 0.717) is 31.3 Å². The molecule has 7 nitrogen and oxygen atoms in total. The van der Waals surface area contributed by atoms with Crippen molar-refractivity contribution < 1.29 is 19.1 Å². The average Bonchev–Trinajstić information content (AvgIpc) is 2.78. The zero-order valence-electron chi connectivity index (χ0n) is 10.8. The second-order valence-corrected chi connectivity index (χ2v) is 4.74. The highest BCUT2D eigenvalue weighted by atomic mass is 16.6. The van der Waals surface area contributed by atoms with Crippen molar-refractivity contribution >= 4 is 17.6 Å². The lowest BCUT2D eigenvalue weighted by molar-refractivity contribution is -0.117. The fraction of sp³-hybridized carbons (Fsp3) is 0.385. The third kappa shape index (κ3) is 2.34. The monoisotopic (exact) mass is 277 g/mol. The molecule has 106 valence electrons. The summed E-state index contributed by atoms with van der Waals surface area (Å²) in [6.07, 6.45) is 0.247. The summed E-state index contributed by atoms with van der Waals surface area (Å²) in [4.78, 5) is 24.4. The Kier molecular flexibility index (Phi) is 3.09. The largest absolute Gasteiger partial charge is 0.486 e. The van der Waals surface area contributed by atoms with Crippen molar-refractivity contribution in [3.05, 3.63) is 18.2 Å². The van der Waals surface area contributed by atoms with Crippen molar-refractivity contribution in [2.24, 2.45) is 5.73 Å². The van der Waals surface area contributed by atoms with E-state index in [4.69, 9.17) is 15.2 Å². The van der Waals surface area contributed by atoms with Gasteiger partial charge in [0.1, 0.15) is 13.2 Å². The van der Waals surface area contributed by atoms with E-state index < -0.39 is 6.03 Å². The number of nitrogens with zero attached hydrogens (tertiary/aromatic N) is 1. The molecule has 1 saturated heterocycles. The molecule has 2 aliphatic rings. The van der Waals surface area contributed by atoms with Crippen molar-refractivity contribution in [1.82, 2.24) is 5.32 Å². The van der Waals surface area contributed by atoms with Gasteiger partial charge in [0.2, 0.25) is 5.91 Å². The highest BCUT2D eigenvalue weighted by molar-refractivity contribution is 5.97. The van der Waals surface area contributed by atoms with E-state index in [1.807, 2.05) is 0 Å². The fourth-order valence-electron chi connectivity index (χ4n) is 2.45. The third-order valence-electron chi connectivity index (χ3n) is 3.31. The fourth-order valence-corrected chi connectivity index (χ4v) is 2.45. The summed E-state index contributed by atoms with van der Waals surface area (Å²) >= 11 is 0. The third-order valence-corrected chi connectivity index (χ3v) is 3.31. The minimum Gasteiger partial charge on any atom is -0.486 e. The van der Waals surface area contributed by atoms with Crippen LogP contribution >= 0.6 is 0 Å². The molecule has 0 saturated carbocycles. The number of nitrogens with one attached hydrogen (secondary N) is 1. The molecule has 7 heteroatoms. The summed E-state index contributed by atoms with van der Waals surface area (Å²) in [5.74, 6) is 1.26. The molecule has 1 fully saturated rings. The number of carbonyl (C=O) groups excluding carboxylic acids is 2. The van der Waals surface area contributed by atoms with Crippen LogP contribution in [0.3, 0.4) is 0 Å². The van der Waals surface area contributed by atoms with Gasteiger partial charge in [0.25, 0.3) is 0 Å². The minimum absolute atomic E-state index is 0.0552. The molecule has 0 spiro atoms. The van der Waals surface area contributed by atoms with E-state index >= 15 is 0 Å². The van der Waals surface area contributed by atoms with Crippen LogP contribution in [0.1, 0.15) is 6.42 Å². The van der Waals surface area contributed by atoms with E-state index in [0.717, 1.165) is 5.69 Å². The molecule has 3 amide bonds. The number of fused-ring (bicyclic) bond motifs is 1. The van der Waals surface area contributed by atoms with Gasteiger partial charge in [0.05, 0.1) is 6.04 Å². The van der Waals surface area contributed by atoms with E-state index in [1.54, 1.807) is 23.1 Å². The summed E-state index contributed by atoms with van der Waals surface area (Å²) in [6, 6.07) is 4.49. The predicted molar refractivity (Wildman–Crippen MR) is 70.9 cm³/mol. The molecule has 3 N–H and O–H groups in total. The Morgan fingerprint density at radius 3 is 2.80 bits per heavy atom. The van der Waals surface area contributed by atoms with Gasteiger partial charge in [0, 0.05) is 24.7 Å². The molecule has 0 aliphatic carbocycles. The SMILES string of the molecule is NC(=O)NC1CC(=O)N(c2ccc3c(c2)OCCO3)C1. The first-order valence-electron chi connectivity index (χ1n) is 6.39. The second-order valence-electron chi connectivity index (χ2n) is 4.74. The van der Waals surface area contributed by atoms with Crippen LogP contribution in [0.5, 0.6) is 11.5 Å². The molecule has 20 heavy (non-hydrogen) atoms. The second kappa shape index (κ2) is 4.92. The quantitative estimate of drug-likeness (QED) is 0.809. The highest BCUT2D eigenvalue weighted by Gasteiger charge is 2.31. The number of hydrogen-bond acceptors (Lipinski definition) is 4. The zero-order valence-corrected chi connectivity index (χ0v) is 10.8. The number of hydrogen-bond donors (Lipinski definition) is 2. The molecule has 2 heterocycles. The summed E-state index contributed by atoms with van der Waals surface area (Å²) in [5, 5.41) is 2.55. The number of primary amides is 1. The Morgan fingerprint density at radius 1 is 1.30 bits per heavy atom. The van der Waals surface area contributed by atoms with Gasteiger partial charge in [-0.3, -0.25) is 4.79 Å². The highest BCUT2D eigenvalue weighted by Crippen LogP contribution is 2.35. The van der Waals surface area contributed by atoms with Gasteiger partial charge in [0.15, 0.2) is 11.5 Å².